The fourth-order valence-electron chi connectivity index (χ4n) is 1.72. The SMILES string of the molecule is Nc1c(Cl)cccc1Sc1n[nH]c(=O)n1C1CC1. The second-order valence-electron chi connectivity index (χ2n) is 4.17. The zero-order valence-corrected chi connectivity index (χ0v) is 11.0. The van der Waals surface area contributed by atoms with Crippen molar-refractivity contribution in [3.05, 3.63) is 33.7 Å². The number of para-hydroxylation sites is 1. The quantitative estimate of drug-likeness (QED) is 0.847. The maximum Gasteiger partial charge on any atom is 0.344 e. The monoisotopic (exact) mass is 282 g/mol. The highest BCUT2D eigenvalue weighted by Gasteiger charge is 2.28. The van der Waals surface area contributed by atoms with E-state index in [1.807, 2.05) is 12.1 Å². The van der Waals surface area contributed by atoms with Gasteiger partial charge in [0, 0.05) is 10.9 Å². The fraction of sp³-hybridized carbons (Fsp3) is 0.273. The fourth-order valence-corrected chi connectivity index (χ4v) is 2.94. The Labute approximate surface area is 112 Å². The van der Waals surface area contributed by atoms with Crippen LogP contribution in [0.25, 0.3) is 0 Å². The van der Waals surface area contributed by atoms with Gasteiger partial charge in [-0.05, 0) is 36.7 Å². The number of hydrogen-bond acceptors (Lipinski definition) is 4. The van der Waals surface area contributed by atoms with E-state index in [2.05, 4.69) is 10.2 Å². The minimum Gasteiger partial charge on any atom is -0.397 e. The lowest BCUT2D eigenvalue weighted by Gasteiger charge is -2.06. The first-order valence-electron chi connectivity index (χ1n) is 5.55. The van der Waals surface area contributed by atoms with Gasteiger partial charge in [-0.2, -0.15) is 0 Å². The van der Waals surface area contributed by atoms with Crippen molar-refractivity contribution in [2.24, 2.45) is 0 Å². The average molecular weight is 283 g/mol. The molecular weight excluding hydrogens is 272 g/mol. The Morgan fingerprint density at radius 3 is 3.00 bits per heavy atom. The van der Waals surface area contributed by atoms with Crippen LogP contribution < -0.4 is 11.4 Å². The summed E-state index contributed by atoms with van der Waals surface area (Å²) < 4.78 is 1.69. The van der Waals surface area contributed by atoms with E-state index in [9.17, 15) is 4.79 Å². The predicted molar refractivity (Wildman–Crippen MR) is 71.1 cm³/mol. The van der Waals surface area contributed by atoms with Gasteiger partial charge in [0.25, 0.3) is 0 Å². The number of benzene rings is 1. The summed E-state index contributed by atoms with van der Waals surface area (Å²) in [6.07, 6.45) is 2.05. The van der Waals surface area contributed by atoms with E-state index < -0.39 is 0 Å². The lowest BCUT2D eigenvalue weighted by Crippen LogP contribution is -2.16. The van der Waals surface area contributed by atoms with Crippen molar-refractivity contribution in [1.82, 2.24) is 14.8 Å². The third kappa shape index (κ3) is 2.02. The molecule has 0 saturated heterocycles. The molecule has 1 heterocycles. The van der Waals surface area contributed by atoms with Gasteiger partial charge >= 0.3 is 5.69 Å². The van der Waals surface area contributed by atoms with Crippen molar-refractivity contribution in [3.8, 4) is 0 Å². The average Bonchev–Trinajstić information content (AvgIpc) is 3.11. The van der Waals surface area contributed by atoms with Crippen LogP contribution in [0, 0.1) is 0 Å². The number of nitrogen functional groups attached to an aromatic ring is 1. The Kier molecular flexibility index (Phi) is 2.83. The molecule has 1 saturated carbocycles. The Morgan fingerprint density at radius 1 is 1.50 bits per heavy atom. The van der Waals surface area contributed by atoms with Gasteiger partial charge in [-0.1, -0.05) is 17.7 Å². The molecule has 1 aliphatic rings. The Bertz CT molecular complexity index is 647. The number of halogens is 1. The molecule has 1 fully saturated rings. The number of nitrogens with zero attached hydrogens (tertiary/aromatic N) is 2. The molecule has 18 heavy (non-hydrogen) atoms. The molecule has 0 unspecified atom stereocenters. The van der Waals surface area contributed by atoms with E-state index in [0.717, 1.165) is 17.7 Å². The highest BCUT2D eigenvalue weighted by atomic mass is 35.5. The third-order valence-corrected chi connectivity index (χ3v) is 4.17. The standard InChI is InChI=1S/C11H11ClN4OS/c12-7-2-1-3-8(9(7)13)18-11-15-14-10(17)16(11)6-4-5-6/h1-3,6H,4-5,13H2,(H,14,17). The van der Waals surface area contributed by atoms with Crippen molar-refractivity contribution in [3.63, 3.8) is 0 Å². The molecule has 0 aliphatic heterocycles. The molecule has 3 rings (SSSR count). The molecule has 1 aromatic carbocycles. The van der Waals surface area contributed by atoms with Gasteiger partial charge < -0.3 is 5.73 Å². The summed E-state index contributed by atoms with van der Waals surface area (Å²) in [6, 6.07) is 5.70. The number of aromatic amines is 1. The molecule has 94 valence electrons. The van der Waals surface area contributed by atoms with Crippen LogP contribution in [0.2, 0.25) is 5.02 Å². The zero-order chi connectivity index (χ0) is 12.7. The van der Waals surface area contributed by atoms with Crippen LogP contribution in [0.15, 0.2) is 33.0 Å². The molecule has 0 atom stereocenters. The zero-order valence-electron chi connectivity index (χ0n) is 9.39. The summed E-state index contributed by atoms with van der Waals surface area (Å²) >= 11 is 7.32. The number of H-pyrrole nitrogens is 1. The Balaban J connectivity index is 1.97. The van der Waals surface area contributed by atoms with Gasteiger partial charge in [0.05, 0.1) is 10.7 Å². The van der Waals surface area contributed by atoms with Crippen LogP contribution in [-0.2, 0) is 0 Å². The summed E-state index contributed by atoms with van der Waals surface area (Å²) in [5, 5.41) is 7.65. The van der Waals surface area contributed by atoms with E-state index >= 15 is 0 Å². The first kappa shape index (κ1) is 11.7. The third-order valence-electron chi connectivity index (χ3n) is 2.80. The van der Waals surface area contributed by atoms with Crippen molar-refractivity contribution < 1.29 is 0 Å². The second-order valence-corrected chi connectivity index (χ2v) is 5.58. The summed E-state index contributed by atoms with van der Waals surface area (Å²) in [5.74, 6) is 0. The Morgan fingerprint density at radius 2 is 2.28 bits per heavy atom. The Hall–Kier alpha value is -1.40. The van der Waals surface area contributed by atoms with Crippen LogP contribution >= 0.6 is 23.4 Å². The second kappa shape index (κ2) is 4.37. The number of hydrogen-bond donors (Lipinski definition) is 2. The minimum absolute atomic E-state index is 0.166. The molecule has 2 aromatic rings. The maximum atomic E-state index is 11.6. The van der Waals surface area contributed by atoms with Gasteiger partial charge in [-0.3, -0.25) is 4.57 Å². The van der Waals surface area contributed by atoms with E-state index in [0.29, 0.717) is 15.9 Å². The van der Waals surface area contributed by atoms with Crippen molar-refractivity contribution in [1.29, 1.82) is 0 Å². The van der Waals surface area contributed by atoms with E-state index in [-0.39, 0.29) is 11.7 Å². The lowest BCUT2D eigenvalue weighted by molar-refractivity contribution is 0.642. The normalized spacial score (nSPS) is 14.9. The largest absolute Gasteiger partial charge is 0.397 e. The lowest BCUT2D eigenvalue weighted by atomic mass is 10.3. The molecule has 1 aliphatic carbocycles. The molecule has 1 aromatic heterocycles. The molecule has 5 nitrogen and oxygen atoms in total. The molecule has 3 N–H and O–H groups in total. The molecular formula is C11H11ClN4OS. The predicted octanol–water partition coefficient (Wildman–Crippen LogP) is 2.29. The van der Waals surface area contributed by atoms with Gasteiger partial charge in [0.1, 0.15) is 0 Å². The van der Waals surface area contributed by atoms with Crippen LogP contribution in [0.5, 0.6) is 0 Å². The van der Waals surface area contributed by atoms with Crippen molar-refractivity contribution in [2.75, 3.05) is 5.73 Å². The molecule has 0 amide bonds. The minimum atomic E-state index is -0.166. The molecule has 7 heteroatoms. The summed E-state index contributed by atoms with van der Waals surface area (Å²) in [4.78, 5) is 12.4. The number of rotatable bonds is 3. The summed E-state index contributed by atoms with van der Waals surface area (Å²) in [7, 11) is 0. The van der Waals surface area contributed by atoms with Crippen LogP contribution in [0.4, 0.5) is 5.69 Å². The number of nitrogens with one attached hydrogen (secondary N) is 1. The van der Waals surface area contributed by atoms with Crippen molar-refractivity contribution in [2.45, 2.75) is 28.9 Å². The van der Waals surface area contributed by atoms with Gasteiger partial charge in [0.15, 0.2) is 5.16 Å². The van der Waals surface area contributed by atoms with Crippen LogP contribution in [-0.4, -0.2) is 14.8 Å². The number of aromatic nitrogens is 3. The first-order valence-corrected chi connectivity index (χ1v) is 6.75. The molecule has 0 radical (unpaired) electrons. The van der Waals surface area contributed by atoms with Gasteiger partial charge in [0.2, 0.25) is 0 Å². The van der Waals surface area contributed by atoms with E-state index in [1.54, 1.807) is 10.6 Å². The van der Waals surface area contributed by atoms with E-state index in [4.69, 9.17) is 17.3 Å². The summed E-state index contributed by atoms with van der Waals surface area (Å²) in [6.45, 7) is 0. The first-order chi connectivity index (χ1) is 8.66. The topological polar surface area (TPSA) is 76.7 Å². The smallest absolute Gasteiger partial charge is 0.344 e. The molecule has 0 bridgehead atoms. The van der Waals surface area contributed by atoms with E-state index in [1.165, 1.54) is 11.8 Å². The summed E-state index contributed by atoms with van der Waals surface area (Å²) in [5.41, 5.74) is 6.25. The number of nitrogens with two attached hydrogens (primary N) is 1. The van der Waals surface area contributed by atoms with Gasteiger partial charge in [-0.25, -0.2) is 9.89 Å². The number of anilines is 1. The highest BCUT2D eigenvalue weighted by Crippen LogP contribution is 2.39. The van der Waals surface area contributed by atoms with Crippen LogP contribution in [0.1, 0.15) is 18.9 Å². The highest BCUT2D eigenvalue weighted by molar-refractivity contribution is 7.99. The maximum absolute atomic E-state index is 11.6. The van der Waals surface area contributed by atoms with Crippen LogP contribution in [0.3, 0.4) is 0 Å². The molecule has 0 spiro atoms. The van der Waals surface area contributed by atoms with Gasteiger partial charge in [-0.15, -0.1) is 5.10 Å². The van der Waals surface area contributed by atoms with Crippen molar-refractivity contribution >= 4 is 29.1 Å².